The summed E-state index contributed by atoms with van der Waals surface area (Å²) >= 11 is 53.7. The van der Waals surface area contributed by atoms with E-state index in [1.165, 1.54) is 72.8 Å². The Hall–Kier alpha value is -13.6. The molecule has 0 saturated carbocycles. The molecule has 0 unspecified atom stereocenters. The van der Waals surface area contributed by atoms with Gasteiger partial charge in [0.05, 0.1) is 83.3 Å². The number of nitro benzene ring substituents is 1. The number of non-ortho nitro benzene ring substituents is 1. The Kier molecular flexibility index (Phi) is 39.1. The minimum atomic E-state index is -4.65. The highest BCUT2D eigenvalue weighted by Gasteiger charge is 2.35. The molecule has 694 valence electrons. The van der Waals surface area contributed by atoms with Gasteiger partial charge in [0.1, 0.15) is 36.4 Å². The molecule has 0 radical (unpaired) electrons. The summed E-state index contributed by atoms with van der Waals surface area (Å²) in [6, 6.07) is 31.3. The van der Waals surface area contributed by atoms with Gasteiger partial charge in [-0.1, -0.05) is 175 Å². The van der Waals surface area contributed by atoms with Gasteiger partial charge in [-0.05, 0) is 94.0 Å². The molecular formula is C91H29Br4Cl7F21N13O2. The van der Waals surface area contributed by atoms with E-state index in [9.17, 15) is 102 Å². The first-order valence-corrected chi connectivity index (χ1v) is 41.8. The van der Waals surface area contributed by atoms with Crippen molar-refractivity contribution in [1.29, 1.82) is 31.6 Å². The van der Waals surface area contributed by atoms with Gasteiger partial charge in [0, 0.05) is 137 Å². The van der Waals surface area contributed by atoms with Crippen LogP contribution in [0.1, 0.15) is 106 Å². The molecule has 0 atom stereocenters. The van der Waals surface area contributed by atoms with Crippen LogP contribution >= 0.6 is 145 Å². The van der Waals surface area contributed by atoms with Crippen molar-refractivity contribution in [2.45, 2.75) is 44.7 Å². The third-order valence-corrected chi connectivity index (χ3v) is 23.6. The van der Waals surface area contributed by atoms with Gasteiger partial charge in [-0.2, -0.15) is 44.7 Å². The van der Waals surface area contributed by atoms with Gasteiger partial charge in [0.15, 0.2) is 105 Å². The lowest BCUT2D eigenvalue weighted by Gasteiger charge is -2.13. The highest BCUT2D eigenvalue weighted by Crippen LogP contribution is 2.44. The molecule has 0 fully saturated rings. The van der Waals surface area contributed by atoms with E-state index in [0.717, 1.165) is 18.2 Å². The van der Waals surface area contributed by atoms with Crippen LogP contribution < -0.4 is 0 Å². The number of nitro groups is 1. The average molecular weight is 2300 g/mol. The molecule has 47 heteroatoms. The van der Waals surface area contributed by atoms with Crippen molar-refractivity contribution in [2.24, 2.45) is 0 Å². The van der Waals surface area contributed by atoms with E-state index in [4.69, 9.17) is 152 Å². The molecule has 0 saturated heterocycles. The van der Waals surface area contributed by atoms with Crippen LogP contribution in [-0.2, 0) is 44.7 Å². The zero-order valence-electron chi connectivity index (χ0n) is 66.8. The molecule has 12 aromatic carbocycles. The van der Waals surface area contributed by atoms with Crippen molar-refractivity contribution in [3.8, 4) is 36.4 Å². The third-order valence-electron chi connectivity index (χ3n) is 18.7. The molecular weight excluding hydrogens is 2270 g/mol. The summed E-state index contributed by atoms with van der Waals surface area (Å²) in [7, 11) is 0. The number of hydrogen-bond donors (Lipinski definition) is 0. The van der Waals surface area contributed by atoms with E-state index in [2.05, 4.69) is 92.8 Å². The van der Waals surface area contributed by atoms with Gasteiger partial charge < -0.3 is 0 Å². The molecule has 0 aromatic heterocycles. The third kappa shape index (κ3) is 24.7. The molecule has 0 heterocycles. The second-order valence-electron chi connectivity index (χ2n) is 26.6. The molecule has 0 aliphatic heterocycles. The fourth-order valence-corrected chi connectivity index (χ4v) is 16.2. The van der Waals surface area contributed by atoms with Crippen molar-refractivity contribution >= 4 is 185 Å². The summed E-state index contributed by atoms with van der Waals surface area (Å²) in [4.78, 5) is 25.6. The van der Waals surface area contributed by atoms with Gasteiger partial charge >= 0.3 is 6.18 Å². The van der Waals surface area contributed by atoms with Crippen molar-refractivity contribution in [3.63, 3.8) is 0 Å². The second kappa shape index (κ2) is 48.4. The van der Waals surface area contributed by atoms with Crippen LogP contribution in [-0.4, -0.2) is 4.92 Å². The molecule has 12 rings (SSSR count). The van der Waals surface area contributed by atoms with E-state index < -0.39 is 240 Å². The maximum Gasteiger partial charge on any atom is 0.416 e. The molecule has 0 aliphatic carbocycles. The molecule has 0 bridgehead atoms. The Morgan fingerprint density at radius 3 is 0.812 bits per heavy atom. The van der Waals surface area contributed by atoms with Crippen molar-refractivity contribution in [3.05, 3.63) is 445 Å². The molecule has 12 aromatic rings. The van der Waals surface area contributed by atoms with E-state index in [1.54, 1.807) is 36.4 Å². The number of alkyl halides is 3. The van der Waals surface area contributed by atoms with Crippen molar-refractivity contribution in [1.82, 2.24) is 0 Å². The largest absolute Gasteiger partial charge is 0.416 e. The topological polar surface area (TPSA) is 212 Å². The maximum atomic E-state index is 14.3. The summed E-state index contributed by atoms with van der Waals surface area (Å²) in [6.07, 6.45) is -6.89. The molecule has 0 spiro atoms. The zero-order chi connectivity index (χ0) is 104. The zero-order valence-corrected chi connectivity index (χ0v) is 78.4. The SMILES string of the molecule is [C-]#[N+]c1c(F)c(F)c(Cc2c(Br)cc([N+](=O)[O-])cc2Br)c(C#N)c1F.[C-]#[N+]c1c(F)c(F)c(Cc2c(Cl)cccc2Cl)c(C#N)c1F.[C-]#[N+]c1c(F)c(F)c(Cc2ccc(Br)cc2Cl)c(C#N)c1F.[C-]#[N+]c1c(F)c(F)c(Cc2ccc(C(F)(F)F)cc2Cl)c(C#N)c1F.[C-]#[N+]c1c(F)c(F)c(Cc2ccc(Cl)cc2Br)c(C#N)c1F.[C-]#[N+]c1c(F)c(F)c(Cc2ccc(Cl)cc2Cl)c(C#N)c1F. The summed E-state index contributed by atoms with van der Waals surface area (Å²) in [6.45, 7) is 40.1. The quantitative estimate of drug-likeness (QED) is 0.0355. The van der Waals surface area contributed by atoms with Crippen LogP contribution in [0.3, 0.4) is 0 Å². The van der Waals surface area contributed by atoms with Crippen molar-refractivity contribution in [2.75, 3.05) is 0 Å². The predicted octanol–water partition coefficient (Wildman–Crippen LogP) is 33.3. The van der Waals surface area contributed by atoms with Crippen LogP contribution in [0, 0.1) is 222 Å². The lowest BCUT2D eigenvalue weighted by Crippen LogP contribution is -2.07. The first kappa shape index (κ1) is 111. The predicted molar refractivity (Wildman–Crippen MR) is 477 cm³/mol. The summed E-state index contributed by atoms with van der Waals surface area (Å²) < 4.78 is 291. The Labute approximate surface area is 833 Å². The number of halogens is 32. The first-order chi connectivity index (χ1) is 65.0. The minimum absolute atomic E-state index is 0.0700. The van der Waals surface area contributed by atoms with Crippen LogP contribution in [0.4, 0.5) is 132 Å². The van der Waals surface area contributed by atoms with Gasteiger partial charge in [0.2, 0.25) is 0 Å². The number of rotatable bonds is 13. The molecule has 138 heavy (non-hydrogen) atoms. The molecule has 0 aliphatic rings. The monoisotopic (exact) mass is 2290 g/mol. The van der Waals surface area contributed by atoms with E-state index in [-0.39, 0.29) is 77.1 Å². The fourth-order valence-electron chi connectivity index (χ4n) is 12.0. The molecule has 0 N–H and O–H groups in total. The van der Waals surface area contributed by atoms with Gasteiger partial charge in [-0.15, -0.1) is 0 Å². The van der Waals surface area contributed by atoms with Crippen LogP contribution in [0.5, 0.6) is 0 Å². The lowest BCUT2D eigenvalue weighted by molar-refractivity contribution is -0.385. The summed E-state index contributed by atoms with van der Waals surface area (Å²) in [5, 5.41) is 66.0. The number of benzene rings is 12. The molecule has 0 amide bonds. The van der Waals surface area contributed by atoms with E-state index >= 15 is 0 Å². The summed E-state index contributed by atoms with van der Waals surface area (Å²) in [5.41, 5.74) is -14.4. The first-order valence-electron chi connectivity index (χ1n) is 36.0. The summed E-state index contributed by atoms with van der Waals surface area (Å²) in [5.74, 6) is -27.2. The Balaban J connectivity index is 0.000000226. The van der Waals surface area contributed by atoms with Crippen LogP contribution in [0.2, 0.25) is 35.2 Å². The Morgan fingerprint density at radius 1 is 0.297 bits per heavy atom. The normalized spacial score (nSPS) is 10.3. The van der Waals surface area contributed by atoms with Crippen molar-refractivity contribution < 1.29 is 97.1 Å². The van der Waals surface area contributed by atoms with Crippen LogP contribution in [0.15, 0.2) is 121 Å². The van der Waals surface area contributed by atoms with E-state index in [1.807, 2.05) is 0 Å². The van der Waals surface area contributed by atoms with Gasteiger partial charge in [-0.25, -0.2) is 108 Å². The molecule has 15 nitrogen and oxygen atoms in total. The van der Waals surface area contributed by atoms with E-state index in [0.29, 0.717) is 47.8 Å². The Bertz CT molecular complexity index is 7270. The highest BCUT2D eigenvalue weighted by atomic mass is 79.9. The number of nitriles is 6. The average Bonchev–Trinajstić information content (AvgIpc) is 0.783. The minimum Gasteiger partial charge on any atom is -0.258 e. The maximum absolute atomic E-state index is 14.3. The lowest BCUT2D eigenvalue weighted by atomic mass is 9.97. The second-order valence-corrected chi connectivity index (χ2v) is 33.0. The highest BCUT2D eigenvalue weighted by molar-refractivity contribution is 9.11. The number of nitrogens with zero attached hydrogens (tertiary/aromatic N) is 13. The van der Waals surface area contributed by atoms with Crippen LogP contribution in [0.25, 0.3) is 29.1 Å². The smallest absolute Gasteiger partial charge is 0.258 e. The van der Waals surface area contributed by atoms with Gasteiger partial charge in [-0.3, -0.25) is 10.1 Å². The van der Waals surface area contributed by atoms with Gasteiger partial charge in [0.25, 0.3) is 39.8 Å². The number of hydrogen-bond acceptors (Lipinski definition) is 8. The fraction of sp³-hybridized carbons (Fsp3) is 0.0769. The Morgan fingerprint density at radius 2 is 0.551 bits per heavy atom. The standard InChI is InChI=1S/C16H5ClF6N2.C15H4Br2F3N3O2.2C15H5BrClF3N2.2C15H5Cl2F3N2/c1-25-15-13(19)10(6-24)9(12(18)14(15)20)4-7-2-3-8(5-11(7)17)16(21,22)23;1-22-15-13(19)9(5-21)7(12(18)14(15)20)4-8-10(16)2-6(23(24)25)3-11(8)17;1-22-15-13(19)10(6-21)9(12(18)14(15)20)4-7-2-3-8(17)5-11(7)16;2*1-22-15-13(19)10(6-21)9(12(18)14(15)20)4-7-2-3-8(16)5-11(7)17;1-22-15-13(19)9(6-21)7(12(18)14(15)20)5-8-10(16)3-2-4-11(8)17/h2-3,5H,4H2;2-3H,4H2;3*2-3,5H,4H2;2-4H,5H2.